The molecule has 4 nitrogen and oxygen atoms in total. The van der Waals surface area contributed by atoms with Gasteiger partial charge in [-0.2, -0.15) is 0 Å². The average molecular weight is 200 g/mol. The summed E-state index contributed by atoms with van der Waals surface area (Å²) >= 11 is 0. The van der Waals surface area contributed by atoms with Crippen LogP contribution in [0.2, 0.25) is 0 Å². The molecule has 4 heteroatoms. The SMILES string of the molecule is CN1CCN(C(C)(C)C)[C@H](C(=O)O)C1. The van der Waals surface area contributed by atoms with Crippen LogP contribution in [0.4, 0.5) is 0 Å². The van der Waals surface area contributed by atoms with Gasteiger partial charge in [0.15, 0.2) is 0 Å². The van der Waals surface area contributed by atoms with Gasteiger partial charge in [-0.1, -0.05) is 0 Å². The predicted molar refractivity (Wildman–Crippen MR) is 55.4 cm³/mol. The molecule has 1 aliphatic rings. The molecule has 0 aliphatic carbocycles. The van der Waals surface area contributed by atoms with Gasteiger partial charge in [0, 0.05) is 25.2 Å². The molecule has 1 rings (SSSR count). The van der Waals surface area contributed by atoms with E-state index in [0.717, 1.165) is 13.1 Å². The molecule has 14 heavy (non-hydrogen) atoms. The largest absolute Gasteiger partial charge is 0.480 e. The van der Waals surface area contributed by atoms with Gasteiger partial charge in [0.05, 0.1) is 0 Å². The van der Waals surface area contributed by atoms with Gasteiger partial charge >= 0.3 is 5.97 Å². The first-order valence-corrected chi connectivity index (χ1v) is 5.00. The Morgan fingerprint density at radius 3 is 2.36 bits per heavy atom. The van der Waals surface area contributed by atoms with Gasteiger partial charge in [-0.3, -0.25) is 9.69 Å². The smallest absolute Gasteiger partial charge is 0.322 e. The number of aliphatic carboxylic acids is 1. The first-order valence-electron chi connectivity index (χ1n) is 5.00. The Morgan fingerprint density at radius 2 is 1.93 bits per heavy atom. The van der Waals surface area contributed by atoms with Crippen molar-refractivity contribution in [1.82, 2.24) is 9.80 Å². The molecule has 82 valence electrons. The minimum Gasteiger partial charge on any atom is -0.480 e. The van der Waals surface area contributed by atoms with Crippen LogP contribution in [0.3, 0.4) is 0 Å². The van der Waals surface area contributed by atoms with E-state index < -0.39 is 5.97 Å². The Kier molecular flexibility index (Phi) is 3.17. The van der Waals surface area contributed by atoms with Gasteiger partial charge in [-0.25, -0.2) is 0 Å². The van der Waals surface area contributed by atoms with Crippen molar-refractivity contribution < 1.29 is 9.90 Å². The molecular formula is C10H20N2O2. The second kappa shape index (κ2) is 3.87. The van der Waals surface area contributed by atoms with Gasteiger partial charge in [0.2, 0.25) is 0 Å². The molecule has 0 aromatic carbocycles. The lowest BCUT2D eigenvalue weighted by Crippen LogP contribution is -2.61. The van der Waals surface area contributed by atoms with E-state index in [1.165, 1.54) is 0 Å². The van der Waals surface area contributed by atoms with Crippen LogP contribution in [0.5, 0.6) is 0 Å². The van der Waals surface area contributed by atoms with E-state index in [2.05, 4.69) is 30.6 Å². The number of carboxylic acid groups (broad SMARTS) is 1. The molecule has 1 fully saturated rings. The van der Waals surface area contributed by atoms with Crippen molar-refractivity contribution >= 4 is 5.97 Å². The van der Waals surface area contributed by atoms with E-state index in [1.807, 2.05) is 7.05 Å². The molecule has 0 radical (unpaired) electrons. The minimum absolute atomic E-state index is 0.0652. The molecule has 0 aromatic heterocycles. The number of hydrogen-bond donors (Lipinski definition) is 1. The van der Waals surface area contributed by atoms with Crippen molar-refractivity contribution in [1.29, 1.82) is 0 Å². The van der Waals surface area contributed by atoms with Crippen LogP contribution < -0.4 is 0 Å². The fourth-order valence-electron chi connectivity index (χ4n) is 1.93. The average Bonchev–Trinajstić information content (AvgIpc) is 2.01. The van der Waals surface area contributed by atoms with Crippen molar-refractivity contribution in [2.45, 2.75) is 32.4 Å². The molecule has 0 amide bonds. The Morgan fingerprint density at radius 1 is 1.36 bits per heavy atom. The maximum Gasteiger partial charge on any atom is 0.322 e. The van der Waals surface area contributed by atoms with E-state index in [0.29, 0.717) is 6.54 Å². The minimum atomic E-state index is -0.716. The fourth-order valence-corrected chi connectivity index (χ4v) is 1.93. The maximum atomic E-state index is 11.1. The molecule has 1 N–H and O–H groups in total. The second-order valence-electron chi connectivity index (χ2n) is 4.98. The third-order valence-corrected chi connectivity index (χ3v) is 2.73. The first kappa shape index (κ1) is 11.5. The highest BCUT2D eigenvalue weighted by molar-refractivity contribution is 5.74. The Bertz CT molecular complexity index is 223. The fraction of sp³-hybridized carbons (Fsp3) is 0.900. The lowest BCUT2D eigenvalue weighted by atomic mass is 10.0. The van der Waals surface area contributed by atoms with Crippen molar-refractivity contribution in [2.24, 2.45) is 0 Å². The van der Waals surface area contributed by atoms with Gasteiger partial charge in [-0.15, -0.1) is 0 Å². The number of piperazine rings is 1. The summed E-state index contributed by atoms with van der Waals surface area (Å²) < 4.78 is 0. The molecule has 1 saturated heterocycles. The number of rotatable bonds is 1. The van der Waals surface area contributed by atoms with Gasteiger partial charge in [0.1, 0.15) is 6.04 Å². The van der Waals surface area contributed by atoms with Crippen LogP contribution in [-0.2, 0) is 4.79 Å². The lowest BCUT2D eigenvalue weighted by molar-refractivity contribution is -0.148. The summed E-state index contributed by atoms with van der Waals surface area (Å²) in [7, 11) is 1.97. The number of likely N-dealkylation sites (N-methyl/N-ethyl adjacent to an activating group) is 1. The van der Waals surface area contributed by atoms with Crippen LogP contribution in [-0.4, -0.2) is 59.1 Å². The van der Waals surface area contributed by atoms with E-state index in [1.54, 1.807) is 0 Å². The monoisotopic (exact) mass is 200 g/mol. The summed E-state index contributed by atoms with van der Waals surface area (Å²) in [6, 6.07) is -0.367. The highest BCUT2D eigenvalue weighted by Crippen LogP contribution is 2.20. The first-order chi connectivity index (χ1) is 6.32. The molecule has 1 atom stereocenters. The molecule has 0 unspecified atom stereocenters. The standard InChI is InChI=1S/C10H20N2O2/c1-10(2,3)12-6-5-11(4)7-8(12)9(13)14/h8H,5-7H2,1-4H3,(H,13,14)/t8-/m0/s1. The van der Waals surface area contributed by atoms with Crippen LogP contribution in [0.25, 0.3) is 0 Å². The zero-order valence-corrected chi connectivity index (χ0v) is 9.45. The third kappa shape index (κ3) is 2.45. The number of carboxylic acids is 1. The Hall–Kier alpha value is -0.610. The normalized spacial score (nSPS) is 26.4. The summed E-state index contributed by atoms with van der Waals surface area (Å²) in [6.07, 6.45) is 0. The van der Waals surface area contributed by atoms with Crippen molar-refractivity contribution in [2.75, 3.05) is 26.7 Å². The zero-order chi connectivity index (χ0) is 10.9. The van der Waals surface area contributed by atoms with E-state index in [9.17, 15) is 4.79 Å². The highest BCUT2D eigenvalue weighted by Gasteiger charge is 2.36. The number of carbonyl (C=O) groups is 1. The summed E-state index contributed by atoms with van der Waals surface area (Å²) in [5.41, 5.74) is -0.0652. The van der Waals surface area contributed by atoms with Crippen LogP contribution >= 0.6 is 0 Å². The maximum absolute atomic E-state index is 11.1. The highest BCUT2D eigenvalue weighted by atomic mass is 16.4. The van der Waals surface area contributed by atoms with E-state index >= 15 is 0 Å². The summed E-state index contributed by atoms with van der Waals surface area (Å²) in [5, 5.41) is 9.12. The number of hydrogen-bond acceptors (Lipinski definition) is 3. The molecule has 0 aromatic rings. The van der Waals surface area contributed by atoms with Crippen LogP contribution in [0.1, 0.15) is 20.8 Å². The zero-order valence-electron chi connectivity index (χ0n) is 9.45. The molecule has 0 saturated carbocycles. The summed E-state index contributed by atoms with van der Waals surface area (Å²) in [6.45, 7) is 8.58. The van der Waals surface area contributed by atoms with E-state index in [-0.39, 0.29) is 11.6 Å². The molecule has 1 heterocycles. The lowest BCUT2D eigenvalue weighted by Gasteiger charge is -2.45. The molecule has 0 spiro atoms. The van der Waals surface area contributed by atoms with Crippen LogP contribution in [0.15, 0.2) is 0 Å². The topological polar surface area (TPSA) is 43.8 Å². The van der Waals surface area contributed by atoms with Crippen molar-refractivity contribution in [3.05, 3.63) is 0 Å². The second-order valence-corrected chi connectivity index (χ2v) is 4.98. The Labute approximate surface area is 85.5 Å². The number of nitrogens with zero attached hydrogens (tertiary/aromatic N) is 2. The molecule has 0 bridgehead atoms. The quantitative estimate of drug-likeness (QED) is 0.669. The molecule has 1 aliphatic heterocycles. The van der Waals surface area contributed by atoms with Gasteiger partial charge in [0.25, 0.3) is 0 Å². The summed E-state index contributed by atoms with van der Waals surface area (Å²) in [5.74, 6) is -0.716. The van der Waals surface area contributed by atoms with Gasteiger partial charge < -0.3 is 10.0 Å². The van der Waals surface area contributed by atoms with Crippen molar-refractivity contribution in [3.63, 3.8) is 0 Å². The van der Waals surface area contributed by atoms with Crippen LogP contribution in [0, 0.1) is 0 Å². The predicted octanol–water partition coefficient (Wildman–Crippen LogP) is 0.485. The van der Waals surface area contributed by atoms with Crippen molar-refractivity contribution in [3.8, 4) is 0 Å². The van der Waals surface area contributed by atoms with E-state index in [4.69, 9.17) is 5.11 Å². The molecular weight excluding hydrogens is 180 g/mol. The third-order valence-electron chi connectivity index (χ3n) is 2.73. The summed E-state index contributed by atoms with van der Waals surface area (Å²) in [4.78, 5) is 15.2. The Balaban J connectivity index is 2.78. The van der Waals surface area contributed by atoms with Gasteiger partial charge in [-0.05, 0) is 27.8 Å².